The summed E-state index contributed by atoms with van der Waals surface area (Å²) in [5, 5.41) is 4.48. The van der Waals surface area contributed by atoms with Gasteiger partial charge in [-0.25, -0.2) is 0 Å². The minimum Gasteiger partial charge on any atom is -0.299 e. The van der Waals surface area contributed by atoms with Crippen LogP contribution in [-0.2, 0) is 11.2 Å². The Morgan fingerprint density at radius 1 is 1.60 bits per heavy atom. The maximum Gasteiger partial charge on any atom is 0.136 e. The number of nitrogens with zero attached hydrogens (tertiary/aromatic N) is 2. The highest BCUT2D eigenvalue weighted by atomic mass is 16.1. The van der Waals surface area contributed by atoms with Crippen LogP contribution < -0.4 is 0 Å². The lowest BCUT2D eigenvalue weighted by molar-refractivity contribution is -0.122. The number of aromatic nitrogens is 2. The highest BCUT2D eigenvalue weighted by Gasteiger charge is 2.47. The molecule has 0 radical (unpaired) electrons. The number of hydrogen-bond acceptors (Lipinski definition) is 2. The minimum atomic E-state index is -0.0594. The predicted molar refractivity (Wildman–Crippen MR) is 58.7 cm³/mol. The quantitative estimate of drug-likeness (QED) is 0.758. The van der Waals surface area contributed by atoms with Crippen molar-refractivity contribution in [2.45, 2.75) is 46.1 Å². The van der Waals surface area contributed by atoms with Crippen LogP contribution in [0.1, 0.15) is 45.3 Å². The minimum absolute atomic E-state index is 0.0594. The Bertz CT molecular complexity index is 375. The molecule has 1 fully saturated rings. The SMILES string of the molecule is CC(=O)C1(Cc2ccn(C(C)C)n2)CC1. The van der Waals surface area contributed by atoms with E-state index in [1.54, 1.807) is 6.92 Å². The molecule has 3 heteroatoms. The van der Waals surface area contributed by atoms with E-state index in [-0.39, 0.29) is 5.41 Å². The van der Waals surface area contributed by atoms with E-state index in [1.165, 1.54) is 0 Å². The van der Waals surface area contributed by atoms with Gasteiger partial charge in [-0.1, -0.05) is 0 Å². The number of rotatable bonds is 4. The van der Waals surface area contributed by atoms with Crippen molar-refractivity contribution < 1.29 is 4.79 Å². The molecule has 0 saturated heterocycles. The average molecular weight is 206 g/mol. The first-order valence-corrected chi connectivity index (χ1v) is 5.59. The van der Waals surface area contributed by atoms with Crippen LogP contribution in [0.3, 0.4) is 0 Å². The number of ketones is 1. The first kappa shape index (κ1) is 10.4. The Morgan fingerprint density at radius 3 is 2.67 bits per heavy atom. The van der Waals surface area contributed by atoms with E-state index in [9.17, 15) is 4.79 Å². The molecule has 1 heterocycles. The van der Waals surface area contributed by atoms with Crippen molar-refractivity contribution in [2.75, 3.05) is 0 Å². The van der Waals surface area contributed by atoms with E-state index in [1.807, 2.05) is 16.9 Å². The van der Waals surface area contributed by atoms with Crippen LogP contribution in [0.4, 0.5) is 0 Å². The largest absolute Gasteiger partial charge is 0.299 e. The highest BCUT2D eigenvalue weighted by molar-refractivity contribution is 5.85. The van der Waals surface area contributed by atoms with Gasteiger partial charge in [-0.15, -0.1) is 0 Å². The van der Waals surface area contributed by atoms with Gasteiger partial charge in [0.15, 0.2) is 0 Å². The molecule has 1 aliphatic rings. The zero-order valence-corrected chi connectivity index (χ0v) is 9.66. The molecule has 0 amide bonds. The van der Waals surface area contributed by atoms with Gasteiger partial charge >= 0.3 is 0 Å². The van der Waals surface area contributed by atoms with Crippen molar-refractivity contribution in [3.63, 3.8) is 0 Å². The third-order valence-corrected chi connectivity index (χ3v) is 3.31. The molecular weight excluding hydrogens is 188 g/mol. The zero-order chi connectivity index (χ0) is 11.1. The molecule has 2 rings (SSSR count). The fraction of sp³-hybridized carbons (Fsp3) is 0.667. The molecule has 0 spiro atoms. The van der Waals surface area contributed by atoms with Gasteiger partial charge in [0.05, 0.1) is 5.69 Å². The van der Waals surface area contributed by atoms with Gasteiger partial charge in [0, 0.05) is 24.1 Å². The second-order valence-corrected chi connectivity index (χ2v) is 4.89. The maximum atomic E-state index is 11.4. The molecular formula is C12H18N2O. The standard InChI is InChI=1S/C12H18N2O/c1-9(2)14-7-4-11(13-14)8-12(5-6-12)10(3)15/h4,7,9H,5-6,8H2,1-3H3. The molecule has 1 aromatic rings. The first-order valence-electron chi connectivity index (χ1n) is 5.59. The Morgan fingerprint density at radius 2 is 2.27 bits per heavy atom. The second kappa shape index (κ2) is 3.47. The van der Waals surface area contributed by atoms with Crippen molar-refractivity contribution in [1.29, 1.82) is 0 Å². The molecule has 3 nitrogen and oxygen atoms in total. The summed E-state index contributed by atoms with van der Waals surface area (Å²) in [5.74, 6) is 0.321. The van der Waals surface area contributed by atoms with Crippen LogP contribution in [0.15, 0.2) is 12.3 Å². The van der Waals surface area contributed by atoms with Crippen molar-refractivity contribution >= 4 is 5.78 Å². The summed E-state index contributed by atoms with van der Waals surface area (Å²) in [6, 6.07) is 2.43. The lowest BCUT2D eigenvalue weighted by Gasteiger charge is -2.08. The van der Waals surface area contributed by atoms with Gasteiger partial charge in [-0.2, -0.15) is 5.10 Å². The van der Waals surface area contributed by atoms with Crippen molar-refractivity contribution in [1.82, 2.24) is 9.78 Å². The van der Waals surface area contributed by atoms with Gasteiger partial charge in [-0.05, 0) is 39.7 Å². The first-order chi connectivity index (χ1) is 7.03. The molecule has 0 atom stereocenters. The average Bonchev–Trinajstić information content (AvgIpc) is 2.76. The molecule has 1 aromatic heterocycles. The van der Waals surface area contributed by atoms with Gasteiger partial charge in [-0.3, -0.25) is 9.48 Å². The van der Waals surface area contributed by atoms with Gasteiger partial charge in [0.1, 0.15) is 5.78 Å². The van der Waals surface area contributed by atoms with E-state index >= 15 is 0 Å². The van der Waals surface area contributed by atoms with Crippen LogP contribution in [0.25, 0.3) is 0 Å². The molecule has 0 aromatic carbocycles. The third-order valence-electron chi connectivity index (χ3n) is 3.31. The fourth-order valence-electron chi connectivity index (χ4n) is 1.91. The predicted octanol–water partition coefficient (Wildman–Crippen LogP) is 2.38. The summed E-state index contributed by atoms with van der Waals surface area (Å²) in [7, 11) is 0. The summed E-state index contributed by atoms with van der Waals surface area (Å²) in [4.78, 5) is 11.4. The Kier molecular flexibility index (Phi) is 2.41. The lowest BCUT2D eigenvalue weighted by atomic mass is 9.96. The van der Waals surface area contributed by atoms with E-state index in [2.05, 4.69) is 18.9 Å². The third kappa shape index (κ3) is 1.96. The van der Waals surface area contributed by atoms with Crippen LogP contribution >= 0.6 is 0 Å². The van der Waals surface area contributed by atoms with Crippen molar-refractivity contribution in [2.24, 2.45) is 5.41 Å². The topological polar surface area (TPSA) is 34.9 Å². The molecule has 1 aliphatic carbocycles. The molecule has 0 unspecified atom stereocenters. The summed E-state index contributed by atoms with van der Waals surface area (Å²) < 4.78 is 1.95. The number of hydrogen-bond donors (Lipinski definition) is 0. The van der Waals surface area contributed by atoms with Crippen LogP contribution in [0.2, 0.25) is 0 Å². The summed E-state index contributed by atoms with van der Waals surface area (Å²) in [6.07, 6.45) is 4.89. The van der Waals surface area contributed by atoms with E-state index in [0.29, 0.717) is 11.8 Å². The summed E-state index contributed by atoms with van der Waals surface area (Å²) in [6.45, 7) is 5.91. The Hall–Kier alpha value is -1.12. The Balaban J connectivity index is 2.08. The van der Waals surface area contributed by atoms with Crippen LogP contribution in [-0.4, -0.2) is 15.6 Å². The molecule has 15 heavy (non-hydrogen) atoms. The number of carbonyl (C=O) groups is 1. The normalized spacial score (nSPS) is 18.1. The fourth-order valence-corrected chi connectivity index (χ4v) is 1.91. The summed E-state index contributed by atoms with van der Waals surface area (Å²) >= 11 is 0. The van der Waals surface area contributed by atoms with Crippen LogP contribution in [0.5, 0.6) is 0 Å². The monoisotopic (exact) mass is 206 g/mol. The summed E-state index contributed by atoms with van der Waals surface area (Å²) in [5.41, 5.74) is 0.993. The van der Waals surface area contributed by atoms with Crippen molar-refractivity contribution in [3.8, 4) is 0 Å². The smallest absolute Gasteiger partial charge is 0.136 e. The highest BCUT2D eigenvalue weighted by Crippen LogP contribution is 2.48. The molecule has 1 saturated carbocycles. The number of Topliss-reactive ketones (excluding diaryl/α,β-unsaturated/α-hetero) is 1. The van der Waals surface area contributed by atoms with Gasteiger partial charge < -0.3 is 0 Å². The molecule has 0 bridgehead atoms. The lowest BCUT2D eigenvalue weighted by Crippen LogP contribution is -2.15. The number of carbonyl (C=O) groups excluding carboxylic acids is 1. The van der Waals surface area contributed by atoms with E-state index < -0.39 is 0 Å². The van der Waals surface area contributed by atoms with E-state index in [0.717, 1.165) is 25.0 Å². The second-order valence-electron chi connectivity index (χ2n) is 4.89. The molecule has 0 aliphatic heterocycles. The molecule has 82 valence electrons. The van der Waals surface area contributed by atoms with Crippen molar-refractivity contribution in [3.05, 3.63) is 18.0 Å². The van der Waals surface area contributed by atoms with E-state index in [4.69, 9.17) is 0 Å². The molecule has 0 N–H and O–H groups in total. The Labute approximate surface area is 90.5 Å². The maximum absolute atomic E-state index is 11.4. The van der Waals surface area contributed by atoms with Gasteiger partial charge in [0.2, 0.25) is 0 Å². The van der Waals surface area contributed by atoms with Crippen LogP contribution in [0, 0.1) is 5.41 Å². The zero-order valence-electron chi connectivity index (χ0n) is 9.66. The van der Waals surface area contributed by atoms with Gasteiger partial charge in [0.25, 0.3) is 0 Å².